The summed E-state index contributed by atoms with van der Waals surface area (Å²) in [6.45, 7) is 1.38. The van der Waals surface area contributed by atoms with Gasteiger partial charge in [-0.3, -0.25) is 9.59 Å². The summed E-state index contributed by atoms with van der Waals surface area (Å²) in [5, 5.41) is 2.55. The molecule has 1 amide bonds. The monoisotopic (exact) mass is 544 g/mol. The molecule has 0 radical (unpaired) electrons. The van der Waals surface area contributed by atoms with E-state index in [2.05, 4.69) is 21.2 Å². The molecule has 4 saturated carbocycles. The van der Waals surface area contributed by atoms with Crippen LogP contribution in [-0.2, 0) is 25.2 Å². The number of halogens is 4. The Bertz CT molecular complexity index is 965. The van der Waals surface area contributed by atoms with Crippen LogP contribution in [0.2, 0.25) is 0 Å². The number of carbonyl (C=O) groups is 2. The minimum Gasteiger partial charge on any atom is -0.455 e. The third kappa shape index (κ3) is 4.67. The molecule has 1 saturated heterocycles. The summed E-state index contributed by atoms with van der Waals surface area (Å²) in [5.74, 6) is -0.0372. The van der Waals surface area contributed by atoms with Crippen LogP contribution in [-0.4, -0.2) is 49.1 Å². The average molecular weight is 545 g/mol. The van der Waals surface area contributed by atoms with E-state index in [4.69, 9.17) is 9.47 Å². The Morgan fingerprint density at radius 2 is 1.82 bits per heavy atom. The molecule has 6 nitrogen and oxygen atoms in total. The normalized spacial score (nSPS) is 32.5. The van der Waals surface area contributed by atoms with Crippen molar-refractivity contribution in [1.29, 1.82) is 0 Å². The molecule has 5 fully saturated rings. The Labute approximate surface area is 204 Å². The molecule has 2 unspecified atom stereocenters. The zero-order chi connectivity index (χ0) is 24.1. The number of nitrogens with one attached hydrogen (secondary N) is 1. The van der Waals surface area contributed by atoms with E-state index in [1.54, 1.807) is 0 Å². The van der Waals surface area contributed by atoms with Crippen LogP contribution < -0.4 is 10.2 Å². The maximum Gasteiger partial charge on any atom is 0.416 e. The van der Waals surface area contributed by atoms with Crippen molar-refractivity contribution in [3.8, 4) is 0 Å². The van der Waals surface area contributed by atoms with E-state index in [0.29, 0.717) is 50.2 Å². The smallest absolute Gasteiger partial charge is 0.416 e. The molecule has 0 spiro atoms. The van der Waals surface area contributed by atoms with Gasteiger partial charge in [0, 0.05) is 17.4 Å². The number of esters is 1. The van der Waals surface area contributed by atoms with Crippen molar-refractivity contribution in [2.24, 2.45) is 17.3 Å². The van der Waals surface area contributed by atoms with Crippen LogP contribution in [0, 0.1) is 17.3 Å². The van der Waals surface area contributed by atoms with E-state index < -0.39 is 29.7 Å². The van der Waals surface area contributed by atoms with Crippen molar-refractivity contribution in [1.82, 2.24) is 0 Å². The van der Waals surface area contributed by atoms with Crippen molar-refractivity contribution in [2.75, 3.05) is 43.1 Å². The van der Waals surface area contributed by atoms with E-state index in [1.807, 2.05) is 4.90 Å². The second-order valence-electron chi connectivity index (χ2n) is 10.3. The van der Waals surface area contributed by atoms with E-state index >= 15 is 0 Å². The number of benzene rings is 1. The highest BCUT2D eigenvalue weighted by Crippen LogP contribution is 2.64. The van der Waals surface area contributed by atoms with Crippen LogP contribution in [0.5, 0.6) is 0 Å². The Hall–Kier alpha value is -1.81. The molecule has 1 heterocycles. The first-order chi connectivity index (χ1) is 16.1. The van der Waals surface area contributed by atoms with Crippen molar-refractivity contribution in [3.63, 3.8) is 0 Å². The van der Waals surface area contributed by atoms with Gasteiger partial charge in [0.15, 0.2) is 6.61 Å². The summed E-state index contributed by atoms with van der Waals surface area (Å²) < 4.78 is 50.7. The third-order valence-corrected chi connectivity index (χ3v) is 8.63. The number of morpholine rings is 1. The molecular weight excluding hydrogens is 517 g/mol. The first kappa shape index (κ1) is 23.9. The molecule has 1 aromatic carbocycles. The zero-order valence-electron chi connectivity index (χ0n) is 18.8. The van der Waals surface area contributed by atoms with E-state index in [-0.39, 0.29) is 16.0 Å². The molecule has 6 rings (SSSR count). The Kier molecular flexibility index (Phi) is 6.11. The Balaban J connectivity index is 1.27. The zero-order valence-corrected chi connectivity index (χ0v) is 20.3. The minimum atomic E-state index is -4.54. The quantitative estimate of drug-likeness (QED) is 0.427. The Morgan fingerprint density at radius 1 is 1.15 bits per heavy atom. The number of anilines is 2. The molecule has 186 valence electrons. The van der Waals surface area contributed by atoms with Crippen molar-refractivity contribution in [3.05, 3.63) is 23.8 Å². The van der Waals surface area contributed by atoms with Gasteiger partial charge in [0.05, 0.1) is 35.6 Å². The lowest BCUT2D eigenvalue weighted by Crippen LogP contribution is -2.56. The highest BCUT2D eigenvalue weighted by Gasteiger charge is 2.60. The number of hydrogen-bond acceptors (Lipinski definition) is 5. The van der Waals surface area contributed by atoms with Gasteiger partial charge in [-0.15, -0.1) is 0 Å². The number of ether oxygens (including phenoxy) is 2. The minimum absolute atomic E-state index is 0.0244. The van der Waals surface area contributed by atoms with Crippen LogP contribution >= 0.6 is 15.9 Å². The number of amides is 1. The Morgan fingerprint density at radius 3 is 2.44 bits per heavy atom. The third-order valence-electron chi connectivity index (χ3n) is 7.71. The number of rotatable bonds is 5. The van der Waals surface area contributed by atoms with Gasteiger partial charge >= 0.3 is 12.1 Å². The van der Waals surface area contributed by atoms with Gasteiger partial charge in [0.2, 0.25) is 0 Å². The van der Waals surface area contributed by atoms with Crippen LogP contribution in [0.25, 0.3) is 0 Å². The second kappa shape index (κ2) is 8.69. The average Bonchev–Trinajstić information content (AvgIpc) is 2.75. The highest BCUT2D eigenvalue weighted by atomic mass is 79.9. The number of alkyl halides is 4. The fraction of sp³-hybridized carbons (Fsp3) is 0.667. The van der Waals surface area contributed by atoms with Gasteiger partial charge in [-0.2, -0.15) is 13.2 Å². The first-order valence-electron chi connectivity index (χ1n) is 11.8. The molecule has 1 N–H and O–H groups in total. The SMILES string of the molecule is O=C(COC(=O)C12CC3CC(CC(Br)(C3)C1)C2)Nc1cc(C(F)(F)F)ccc1N1CCOCC1. The topological polar surface area (TPSA) is 67.9 Å². The summed E-state index contributed by atoms with van der Waals surface area (Å²) in [5.41, 5.74) is -0.887. The molecule has 2 atom stereocenters. The van der Waals surface area contributed by atoms with E-state index in [9.17, 15) is 22.8 Å². The van der Waals surface area contributed by atoms with Crippen LogP contribution in [0.1, 0.15) is 44.1 Å². The van der Waals surface area contributed by atoms with Crippen molar-refractivity contribution >= 4 is 39.2 Å². The highest BCUT2D eigenvalue weighted by molar-refractivity contribution is 9.10. The van der Waals surface area contributed by atoms with Gasteiger partial charge in [-0.05, 0) is 68.6 Å². The molecule has 5 aliphatic rings. The van der Waals surface area contributed by atoms with Crippen molar-refractivity contribution < 1.29 is 32.2 Å². The predicted octanol–water partition coefficient (Wildman–Crippen LogP) is 4.76. The van der Waals surface area contributed by atoms with Crippen LogP contribution in [0.3, 0.4) is 0 Å². The summed E-state index contributed by atoms with van der Waals surface area (Å²) in [4.78, 5) is 27.7. The first-order valence-corrected chi connectivity index (χ1v) is 12.5. The lowest BCUT2D eigenvalue weighted by molar-refractivity contribution is -0.170. The second-order valence-corrected chi connectivity index (χ2v) is 12.0. The summed E-state index contributed by atoms with van der Waals surface area (Å²) in [6, 6.07) is 3.29. The molecule has 4 aliphatic carbocycles. The van der Waals surface area contributed by atoms with Crippen LogP contribution in [0.15, 0.2) is 18.2 Å². The van der Waals surface area contributed by atoms with Gasteiger partial charge in [0.25, 0.3) is 5.91 Å². The number of carbonyl (C=O) groups excluding carboxylic acids is 2. The van der Waals surface area contributed by atoms with Gasteiger partial charge in [-0.1, -0.05) is 15.9 Å². The van der Waals surface area contributed by atoms with Crippen LogP contribution in [0.4, 0.5) is 24.5 Å². The fourth-order valence-corrected chi connectivity index (χ4v) is 8.20. The standard InChI is InChI=1S/C24H28BrF3N2O4/c25-23-11-15-7-16(12-23)10-22(9-15,14-23)21(32)34-13-20(31)29-18-8-17(24(26,27)28)1-2-19(18)30-3-5-33-6-4-30/h1-2,8,15-16H,3-7,9-14H2,(H,29,31). The summed E-state index contributed by atoms with van der Waals surface area (Å²) >= 11 is 3.86. The van der Waals surface area contributed by atoms with Gasteiger partial charge in [0.1, 0.15) is 0 Å². The molecular formula is C24H28BrF3N2O4. The predicted molar refractivity (Wildman–Crippen MR) is 123 cm³/mol. The summed E-state index contributed by atoms with van der Waals surface area (Å²) in [7, 11) is 0. The fourth-order valence-electron chi connectivity index (χ4n) is 6.75. The molecule has 4 bridgehead atoms. The number of nitrogens with zero attached hydrogens (tertiary/aromatic N) is 1. The molecule has 0 aromatic heterocycles. The van der Waals surface area contributed by atoms with Gasteiger partial charge < -0.3 is 19.7 Å². The molecule has 1 aliphatic heterocycles. The molecule has 10 heteroatoms. The lowest BCUT2D eigenvalue weighted by Gasteiger charge is -2.58. The largest absolute Gasteiger partial charge is 0.455 e. The van der Waals surface area contributed by atoms with Crippen molar-refractivity contribution in [2.45, 2.75) is 49.0 Å². The number of hydrogen-bond donors (Lipinski definition) is 1. The summed E-state index contributed by atoms with van der Waals surface area (Å²) in [6.07, 6.45) is 1.01. The maximum absolute atomic E-state index is 13.3. The lowest BCUT2D eigenvalue weighted by atomic mass is 9.49. The van der Waals surface area contributed by atoms with E-state index in [1.165, 1.54) is 6.07 Å². The maximum atomic E-state index is 13.3. The van der Waals surface area contributed by atoms with Gasteiger partial charge in [-0.25, -0.2) is 0 Å². The molecule has 34 heavy (non-hydrogen) atoms. The molecule has 1 aromatic rings. The van der Waals surface area contributed by atoms with E-state index in [0.717, 1.165) is 44.2 Å².